The van der Waals surface area contributed by atoms with E-state index in [1.165, 1.54) is 11.0 Å². The van der Waals surface area contributed by atoms with Gasteiger partial charge in [0.25, 0.3) is 5.91 Å². The number of halogens is 1. The molecule has 0 radical (unpaired) electrons. The van der Waals surface area contributed by atoms with Gasteiger partial charge in [-0.25, -0.2) is 4.39 Å². The number of carbonyl (C=O) groups excluding carboxylic acids is 2. The summed E-state index contributed by atoms with van der Waals surface area (Å²) in [5.74, 6) is -0.929. The molecule has 2 N–H and O–H groups in total. The van der Waals surface area contributed by atoms with Crippen molar-refractivity contribution in [3.63, 3.8) is 0 Å². The first-order valence-corrected chi connectivity index (χ1v) is 8.87. The predicted molar refractivity (Wildman–Crippen MR) is 96.5 cm³/mol. The van der Waals surface area contributed by atoms with Crippen molar-refractivity contribution in [2.45, 2.75) is 38.5 Å². The van der Waals surface area contributed by atoms with Crippen molar-refractivity contribution in [2.24, 2.45) is 5.73 Å². The zero-order valence-corrected chi connectivity index (χ0v) is 14.6. The summed E-state index contributed by atoms with van der Waals surface area (Å²) in [6, 6.07) is 3.25. The summed E-state index contributed by atoms with van der Waals surface area (Å²) < 4.78 is 14.9. The fourth-order valence-corrected chi connectivity index (χ4v) is 4.06. The number of rotatable bonds is 2. The van der Waals surface area contributed by atoms with Crippen LogP contribution >= 0.6 is 0 Å². The van der Waals surface area contributed by atoms with E-state index in [2.05, 4.69) is 4.98 Å². The van der Waals surface area contributed by atoms with Crippen LogP contribution in [0.15, 0.2) is 18.3 Å². The summed E-state index contributed by atoms with van der Waals surface area (Å²) in [7, 11) is 1.67. The smallest absolute Gasteiger partial charge is 0.267 e. The standard InChI is InChI=1S/C20H20FN3O2/c1-24-17-9-16(21)14(8-11(17)6-7-18(24)25)15-10-23-19(20(22)26)13-5-3-2-4-12(13)15/h8-10H,2-7H2,1H3,(H2,22,26). The van der Waals surface area contributed by atoms with Crippen molar-refractivity contribution in [3.05, 3.63) is 46.5 Å². The molecule has 2 aromatic rings. The summed E-state index contributed by atoms with van der Waals surface area (Å²) in [5, 5.41) is 0. The molecule has 1 aromatic carbocycles. The fourth-order valence-electron chi connectivity index (χ4n) is 4.06. The van der Waals surface area contributed by atoms with Crippen molar-refractivity contribution < 1.29 is 14.0 Å². The minimum atomic E-state index is -0.541. The third-order valence-electron chi connectivity index (χ3n) is 5.44. The minimum absolute atomic E-state index is 0.00509. The lowest BCUT2D eigenvalue weighted by atomic mass is 9.84. The van der Waals surface area contributed by atoms with Crippen LogP contribution in [0.1, 0.15) is 46.4 Å². The number of benzene rings is 1. The minimum Gasteiger partial charge on any atom is -0.364 e. The van der Waals surface area contributed by atoms with Gasteiger partial charge in [0.15, 0.2) is 0 Å². The first-order valence-electron chi connectivity index (χ1n) is 8.87. The molecule has 2 amide bonds. The topological polar surface area (TPSA) is 76.3 Å². The molecule has 0 saturated heterocycles. The zero-order valence-electron chi connectivity index (χ0n) is 14.6. The van der Waals surface area contributed by atoms with Gasteiger partial charge in [0, 0.05) is 36.5 Å². The molecule has 2 aliphatic rings. The van der Waals surface area contributed by atoms with Crippen molar-refractivity contribution in [3.8, 4) is 11.1 Å². The van der Waals surface area contributed by atoms with Crippen LogP contribution in [0.2, 0.25) is 0 Å². The van der Waals surface area contributed by atoms with Crippen molar-refractivity contribution in [1.29, 1.82) is 0 Å². The van der Waals surface area contributed by atoms with Crippen molar-refractivity contribution >= 4 is 17.5 Å². The number of carbonyl (C=O) groups is 2. The van der Waals surface area contributed by atoms with Crippen LogP contribution in [0.3, 0.4) is 0 Å². The van der Waals surface area contributed by atoms with Gasteiger partial charge in [0.2, 0.25) is 5.91 Å². The Labute approximate surface area is 151 Å². The van der Waals surface area contributed by atoms with Gasteiger partial charge >= 0.3 is 0 Å². The second-order valence-corrected chi connectivity index (χ2v) is 6.96. The van der Waals surface area contributed by atoms with Gasteiger partial charge in [-0.2, -0.15) is 0 Å². The highest BCUT2D eigenvalue weighted by Crippen LogP contribution is 2.38. The summed E-state index contributed by atoms with van der Waals surface area (Å²) in [6.45, 7) is 0. The Kier molecular flexibility index (Phi) is 3.98. The molecule has 0 bridgehead atoms. The summed E-state index contributed by atoms with van der Waals surface area (Å²) in [6.07, 6.45) is 6.06. The maximum Gasteiger partial charge on any atom is 0.267 e. The highest BCUT2D eigenvalue weighted by molar-refractivity contribution is 5.97. The number of amides is 2. The van der Waals surface area contributed by atoms with Gasteiger partial charge in [-0.05, 0) is 60.9 Å². The van der Waals surface area contributed by atoms with E-state index in [-0.39, 0.29) is 11.7 Å². The van der Waals surface area contributed by atoms with Crippen LogP contribution in [-0.2, 0) is 24.1 Å². The molecule has 5 nitrogen and oxygen atoms in total. The Balaban J connectivity index is 1.89. The zero-order chi connectivity index (χ0) is 18.4. The second-order valence-electron chi connectivity index (χ2n) is 6.96. The normalized spacial score (nSPS) is 16.2. The second kappa shape index (κ2) is 6.20. The lowest BCUT2D eigenvalue weighted by Gasteiger charge is -2.27. The van der Waals surface area contributed by atoms with Crippen LogP contribution in [0, 0.1) is 5.82 Å². The SMILES string of the molecule is CN1C(=O)CCc2cc(-c3cnc(C(N)=O)c4c3CCCC4)c(F)cc21. The lowest BCUT2D eigenvalue weighted by molar-refractivity contribution is -0.118. The molecule has 0 spiro atoms. The molecule has 1 aliphatic carbocycles. The van der Waals surface area contributed by atoms with E-state index in [0.717, 1.165) is 47.9 Å². The Morgan fingerprint density at radius 3 is 2.58 bits per heavy atom. The molecule has 1 aliphatic heterocycles. The highest BCUT2D eigenvalue weighted by atomic mass is 19.1. The van der Waals surface area contributed by atoms with E-state index in [1.807, 2.05) is 6.07 Å². The van der Waals surface area contributed by atoms with Crippen LogP contribution in [0.25, 0.3) is 11.1 Å². The molecule has 134 valence electrons. The third kappa shape index (κ3) is 2.57. The first-order chi connectivity index (χ1) is 12.5. The van der Waals surface area contributed by atoms with Gasteiger partial charge in [-0.15, -0.1) is 0 Å². The maximum atomic E-state index is 14.9. The summed E-state index contributed by atoms with van der Waals surface area (Å²) in [4.78, 5) is 29.3. The lowest BCUT2D eigenvalue weighted by Crippen LogP contribution is -2.31. The molecule has 0 saturated carbocycles. The summed E-state index contributed by atoms with van der Waals surface area (Å²) in [5.41, 5.74) is 10.4. The average Bonchev–Trinajstić information content (AvgIpc) is 2.64. The monoisotopic (exact) mass is 353 g/mol. The molecule has 6 heteroatoms. The predicted octanol–water partition coefficient (Wildman–Crippen LogP) is 2.77. The fraction of sp³-hybridized carbons (Fsp3) is 0.350. The van der Waals surface area contributed by atoms with E-state index in [4.69, 9.17) is 5.73 Å². The largest absolute Gasteiger partial charge is 0.364 e. The number of hydrogen-bond acceptors (Lipinski definition) is 3. The molecule has 26 heavy (non-hydrogen) atoms. The van der Waals surface area contributed by atoms with Crippen LogP contribution in [0.5, 0.6) is 0 Å². The van der Waals surface area contributed by atoms with E-state index >= 15 is 0 Å². The van der Waals surface area contributed by atoms with Gasteiger partial charge in [-0.3, -0.25) is 14.6 Å². The quantitative estimate of drug-likeness (QED) is 0.902. The summed E-state index contributed by atoms with van der Waals surface area (Å²) >= 11 is 0. The molecule has 4 rings (SSSR count). The molecule has 0 fully saturated rings. The van der Waals surface area contributed by atoms with Crippen LogP contribution in [-0.4, -0.2) is 23.8 Å². The molecule has 0 unspecified atom stereocenters. The first kappa shape index (κ1) is 16.7. The average molecular weight is 353 g/mol. The molecule has 0 atom stereocenters. The third-order valence-corrected chi connectivity index (χ3v) is 5.44. The van der Waals surface area contributed by atoms with E-state index < -0.39 is 5.91 Å². The van der Waals surface area contributed by atoms with Crippen LogP contribution < -0.4 is 10.6 Å². The van der Waals surface area contributed by atoms with Gasteiger partial charge in [-0.1, -0.05) is 0 Å². The molecule has 2 heterocycles. The Morgan fingerprint density at radius 1 is 1.12 bits per heavy atom. The number of aromatic nitrogens is 1. The molecular weight excluding hydrogens is 333 g/mol. The van der Waals surface area contributed by atoms with E-state index in [9.17, 15) is 14.0 Å². The van der Waals surface area contributed by atoms with Gasteiger partial charge in [0.05, 0.1) is 0 Å². The maximum absolute atomic E-state index is 14.9. The number of aryl methyl sites for hydroxylation is 1. The number of nitrogens with two attached hydrogens (primary N) is 1. The van der Waals surface area contributed by atoms with Crippen LogP contribution in [0.4, 0.5) is 10.1 Å². The van der Waals surface area contributed by atoms with Gasteiger partial charge in [0.1, 0.15) is 11.5 Å². The Hall–Kier alpha value is -2.76. The number of hydrogen-bond donors (Lipinski definition) is 1. The number of nitrogens with zero attached hydrogens (tertiary/aromatic N) is 2. The van der Waals surface area contributed by atoms with E-state index in [1.54, 1.807) is 13.2 Å². The van der Waals surface area contributed by atoms with Crippen molar-refractivity contribution in [1.82, 2.24) is 4.98 Å². The Morgan fingerprint density at radius 2 is 1.85 bits per heavy atom. The number of anilines is 1. The van der Waals surface area contributed by atoms with E-state index in [0.29, 0.717) is 29.8 Å². The number of primary amides is 1. The number of fused-ring (bicyclic) bond motifs is 2. The highest BCUT2D eigenvalue weighted by Gasteiger charge is 2.26. The molecule has 1 aromatic heterocycles. The van der Waals surface area contributed by atoms with Crippen molar-refractivity contribution in [2.75, 3.05) is 11.9 Å². The number of pyridine rings is 1. The van der Waals surface area contributed by atoms with Gasteiger partial charge < -0.3 is 10.6 Å². The Bertz CT molecular complexity index is 939. The molecular formula is C20H20FN3O2.